The van der Waals surface area contributed by atoms with Gasteiger partial charge in [0.15, 0.2) is 0 Å². The summed E-state index contributed by atoms with van der Waals surface area (Å²) in [7, 11) is 0. The average molecular weight is 300 g/mol. The predicted octanol–water partition coefficient (Wildman–Crippen LogP) is 2.52. The summed E-state index contributed by atoms with van der Waals surface area (Å²) in [5, 5.41) is 9.47. The number of nitrogens with zero attached hydrogens (tertiary/aromatic N) is 2. The van der Waals surface area contributed by atoms with Gasteiger partial charge in [-0.1, -0.05) is 12.1 Å². The number of hydrogen-bond acceptors (Lipinski definition) is 3. The van der Waals surface area contributed by atoms with Gasteiger partial charge in [0.1, 0.15) is 5.82 Å². The quantitative estimate of drug-likeness (QED) is 0.942. The number of benzene rings is 1. The van der Waals surface area contributed by atoms with Crippen LogP contribution in [-0.4, -0.2) is 34.0 Å². The summed E-state index contributed by atoms with van der Waals surface area (Å²) < 4.78 is 13.1. The lowest BCUT2D eigenvalue weighted by Crippen LogP contribution is -2.23. The number of aliphatic carboxylic acids is 1. The second-order valence-electron chi connectivity index (χ2n) is 5.65. The van der Waals surface area contributed by atoms with Crippen LogP contribution in [0.3, 0.4) is 0 Å². The first kappa shape index (κ1) is 14.7. The highest BCUT2D eigenvalue weighted by atomic mass is 19.1. The van der Waals surface area contributed by atoms with Gasteiger partial charge in [0, 0.05) is 37.9 Å². The molecule has 0 amide bonds. The molecule has 1 aliphatic heterocycles. The summed E-state index contributed by atoms with van der Waals surface area (Å²) in [6.07, 6.45) is 3.47. The second kappa shape index (κ2) is 6.23. The number of rotatable bonds is 4. The third kappa shape index (κ3) is 3.14. The number of pyridine rings is 1. The molecule has 1 aromatic carbocycles. The van der Waals surface area contributed by atoms with Crippen LogP contribution < -0.4 is 0 Å². The fraction of sp³-hybridized carbons (Fsp3) is 0.294. The van der Waals surface area contributed by atoms with E-state index >= 15 is 0 Å². The van der Waals surface area contributed by atoms with E-state index in [0.717, 1.165) is 11.1 Å². The number of carboxylic acid groups (broad SMARTS) is 1. The summed E-state index contributed by atoms with van der Waals surface area (Å²) in [5.41, 5.74) is 1.99. The zero-order chi connectivity index (χ0) is 15.5. The maximum Gasteiger partial charge on any atom is 0.308 e. The average Bonchev–Trinajstić information content (AvgIpc) is 2.93. The molecule has 0 aliphatic carbocycles. The van der Waals surface area contributed by atoms with E-state index in [2.05, 4.69) is 9.88 Å². The monoisotopic (exact) mass is 300 g/mol. The van der Waals surface area contributed by atoms with Gasteiger partial charge in [-0.25, -0.2) is 4.39 Å². The van der Waals surface area contributed by atoms with Crippen molar-refractivity contribution in [3.05, 3.63) is 65.7 Å². The first-order valence-electron chi connectivity index (χ1n) is 7.23. The Bertz CT molecular complexity index is 645. The maximum atomic E-state index is 13.1. The molecule has 5 heteroatoms. The number of carbonyl (C=O) groups is 1. The summed E-state index contributed by atoms with van der Waals surface area (Å²) >= 11 is 0. The maximum absolute atomic E-state index is 13.1. The van der Waals surface area contributed by atoms with Crippen molar-refractivity contribution in [3.63, 3.8) is 0 Å². The largest absolute Gasteiger partial charge is 0.481 e. The fourth-order valence-electron chi connectivity index (χ4n) is 3.06. The number of aromatic nitrogens is 1. The fourth-order valence-corrected chi connectivity index (χ4v) is 3.06. The van der Waals surface area contributed by atoms with Gasteiger partial charge in [0.2, 0.25) is 0 Å². The van der Waals surface area contributed by atoms with Gasteiger partial charge in [-0.2, -0.15) is 0 Å². The van der Waals surface area contributed by atoms with Gasteiger partial charge in [-0.05, 0) is 35.4 Å². The minimum atomic E-state index is -0.799. The molecule has 1 N–H and O–H groups in total. The Labute approximate surface area is 128 Å². The zero-order valence-electron chi connectivity index (χ0n) is 12.0. The van der Waals surface area contributed by atoms with E-state index in [1.54, 1.807) is 24.5 Å². The number of halogens is 1. The van der Waals surface area contributed by atoms with Crippen LogP contribution in [0.4, 0.5) is 4.39 Å². The Kier molecular flexibility index (Phi) is 4.15. The lowest BCUT2D eigenvalue weighted by atomic mass is 9.89. The van der Waals surface area contributed by atoms with Gasteiger partial charge in [-0.15, -0.1) is 0 Å². The summed E-state index contributed by atoms with van der Waals surface area (Å²) in [4.78, 5) is 17.7. The molecular formula is C17H17FN2O2. The number of likely N-dealkylation sites (tertiary alicyclic amines) is 1. The molecule has 0 unspecified atom stereocenters. The minimum absolute atomic E-state index is 0.111. The van der Waals surface area contributed by atoms with Crippen LogP contribution in [-0.2, 0) is 11.3 Å². The topological polar surface area (TPSA) is 53.4 Å². The molecule has 3 rings (SSSR count). The molecule has 0 spiro atoms. The molecule has 1 aliphatic rings. The van der Waals surface area contributed by atoms with Crippen molar-refractivity contribution in [2.24, 2.45) is 5.92 Å². The van der Waals surface area contributed by atoms with Crippen molar-refractivity contribution >= 4 is 5.97 Å². The zero-order valence-corrected chi connectivity index (χ0v) is 12.0. The summed E-state index contributed by atoms with van der Waals surface area (Å²) in [6, 6.07) is 10.0. The van der Waals surface area contributed by atoms with Crippen LogP contribution in [0.5, 0.6) is 0 Å². The van der Waals surface area contributed by atoms with Crippen LogP contribution in [0.1, 0.15) is 17.0 Å². The van der Waals surface area contributed by atoms with E-state index < -0.39 is 11.9 Å². The molecule has 1 saturated heterocycles. The molecule has 114 valence electrons. The lowest BCUT2D eigenvalue weighted by Gasteiger charge is -2.16. The first-order valence-corrected chi connectivity index (χ1v) is 7.23. The third-order valence-corrected chi connectivity index (χ3v) is 4.17. The van der Waals surface area contributed by atoms with Crippen LogP contribution in [0, 0.1) is 11.7 Å². The normalized spacial score (nSPS) is 21.9. The van der Waals surface area contributed by atoms with Crippen LogP contribution >= 0.6 is 0 Å². The number of carboxylic acids is 1. The predicted molar refractivity (Wildman–Crippen MR) is 79.8 cm³/mol. The Morgan fingerprint density at radius 3 is 2.50 bits per heavy atom. The van der Waals surface area contributed by atoms with E-state index in [-0.39, 0.29) is 11.7 Å². The van der Waals surface area contributed by atoms with Crippen molar-refractivity contribution in [3.8, 4) is 0 Å². The molecule has 4 nitrogen and oxygen atoms in total. The van der Waals surface area contributed by atoms with E-state index in [4.69, 9.17) is 0 Å². The second-order valence-corrected chi connectivity index (χ2v) is 5.65. The Balaban J connectivity index is 1.77. The highest BCUT2D eigenvalue weighted by molar-refractivity contribution is 5.72. The van der Waals surface area contributed by atoms with Gasteiger partial charge >= 0.3 is 5.97 Å². The van der Waals surface area contributed by atoms with Gasteiger partial charge in [0.05, 0.1) is 5.92 Å². The van der Waals surface area contributed by atoms with Crippen molar-refractivity contribution in [2.45, 2.75) is 12.5 Å². The summed E-state index contributed by atoms with van der Waals surface area (Å²) in [5.74, 6) is -1.68. The molecule has 2 heterocycles. The lowest BCUT2D eigenvalue weighted by molar-refractivity contribution is -0.141. The molecule has 2 aromatic rings. The Morgan fingerprint density at radius 2 is 1.86 bits per heavy atom. The van der Waals surface area contributed by atoms with Crippen molar-refractivity contribution in [1.29, 1.82) is 0 Å². The molecule has 0 bridgehead atoms. The van der Waals surface area contributed by atoms with E-state index in [9.17, 15) is 14.3 Å². The van der Waals surface area contributed by atoms with Gasteiger partial charge in [0.25, 0.3) is 0 Å². The summed E-state index contributed by atoms with van der Waals surface area (Å²) in [6.45, 7) is 1.86. The van der Waals surface area contributed by atoms with Gasteiger partial charge < -0.3 is 5.11 Å². The van der Waals surface area contributed by atoms with E-state index in [1.165, 1.54) is 12.1 Å². The Hall–Kier alpha value is -2.27. The smallest absolute Gasteiger partial charge is 0.308 e. The first-order chi connectivity index (χ1) is 10.6. The van der Waals surface area contributed by atoms with E-state index in [1.807, 2.05) is 12.1 Å². The SMILES string of the molecule is O=C(O)[C@@H]1CN(Cc2ccncc2)C[C@H]1c1ccc(F)cc1. The molecule has 1 fully saturated rings. The van der Waals surface area contributed by atoms with Crippen molar-refractivity contribution in [1.82, 2.24) is 9.88 Å². The molecule has 22 heavy (non-hydrogen) atoms. The highest BCUT2D eigenvalue weighted by Crippen LogP contribution is 2.33. The molecule has 1 aromatic heterocycles. The Morgan fingerprint density at radius 1 is 1.18 bits per heavy atom. The molecule has 0 saturated carbocycles. The molecule has 2 atom stereocenters. The van der Waals surface area contributed by atoms with Crippen molar-refractivity contribution in [2.75, 3.05) is 13.1 Å². The van der Waals surface area contributed by atoms with Gasteiger partial charge in [-0.3, -0.25) is 14.7 Å². The minimum Gasteiger partial charge on any atom is -0.481 e. The van der Waals surface area contributed by atoms with Crippen molar-refractivity contribution < 1.29 is 14.3 Å². The molecule has 0 radical (unpaired) electrons. The van der Waals surface area contributed by atoms with Crippen LogP contribution in [0.15, 0.2) is 48.8 Å². The molecular weight excluding hydrogens is 283 g/mol. The number of hydrogen-bond donors (Lipinski definition) is 1. The van der Waals surface area contributed by atoms with E-state index in [0.29, 0.717) is 19.6 Å². The van der Waals surface area contributed by atoms with Crippen LogP contribution in [0.25, 0.3) is 0 Å². The van der Waals surface area contributed by atoms with Crippen LogP contribution in [0.2, 0.25) is 0 Å². The standard InChI is InChI=1S/C17H17FN2O2/c18-14-3-1-13(2-4-14)15-10-20(11-16(15)17(21)22)9-12-5-7-19-8-6-12/h1-8,15-16H,9-11H2,(H,21,22)/t15-,16+/m0/s1. The highest BCUT2D eigenvalue weighted by Gasteiger charge is 2.38. The third-order valence-electron chi connectivity index (χ3n) is 4.17.